The second-order valence-corrected chi connectivity index (χ2v) is 8.32. The van der Waals surface area contributed by atoms with E-state index in [1.807, 2.05) is 66.1 Å². The van der Waals surface area contributed by atoms with E-state index in [-0.39, 0.29) is 23.6 Å². The van der Waals surface area contributed by atoms with E-state index >= 15 is 0 Å². The van der Waals surface area contributed by atoms with Crippen LogP contribution in [0.15, 0.2) is 78.0 Å². The first-order chi connectivity index (χ1) is 16.4. The van der Waals surface area contributed by atoms with Crippen molar-refractivity contribution < 1.29 is 14.5 Å². The molecule has 0 aliphatic rings. The van der Waals surface area contributed by atoms with Gasteiger partial charge in [-0.2, -0.15) is 0 Å². The van der Waals surface area contributed by atoms with Gasteiger partial charge in [-0.15, -0.1) is 10.2 Å². The Morgan fingerprint density at radius 1 is 1.09 bits per heavy atom. The lowest BCUT2D eigenvalue weighted by Gasteiger charge is -2.12. The maximum atomic E-state index is 11.5. The van der Waals surface area contributed by atoms with Crippen LogP contribution in [-0.4, -0.2) is 25.6 Å². The normalized spacial score (nSPS) is 10.7. The summed E-state index contributed by atoms with van der Waals surface area (Å²) in [6.07, 6.45) is 0. The SMILES string of the molecule is Cc1ccccc1OCc1nnc(SCc2ccc(C(N)=O)cc2[N+](=O)[O-])n1-c1ccccc1. The van der Waals surface area contributed by atoms with E-state index in [2.05, 4.69) is 10.2 Å². The molecule has 4 aromatic rings. The van der Waals surface area contributed by atoms with Gasteiger partial charge in [0.05, 0.1) is 4.92 Å². The monoisotopic (exact) mass is 475 g/mol. The summed E-state index contributed by atoms with van der Waals surface area (Å²) < 4.78 is 7.85. The van der Waals surface area contributed by atoms with Crippen LogP contribution in [0.5, 0.6) is 5.75 Å². The second-order valence-electron chi connectivity index (χ2n) is 7.38. The van der Waals surface area contributed by atoms with Gasteiger partial charge in [0.15, 0.2) is 11.0 Å². The predicted octanol–water partition coefficient (Wildman–Crippen LogP) is 4.45. The van der Waals surface area contributed by atoms with Gasteiger partial charge in [0.25, 0.3) is 5.69 Å². The number of ether oxygens (including phenoxy) is 1. The maximum absolute atomic E-state index is 11.5. The van der Waals surface area contributed by atoms with Crippen LogP contribution in [0.3, 0.4) is 0 Å². The number of benzene rings is 3. The molecule has 34 heavy (non-hydrogen) atoms. The molecule has 3 aromatic carbocycles. The summed E-state index contributed by atoms with van der Waals surface area (Å²) in [4.78, 5) is 22.4. The largest absolute Gasteiger partial charge is 0.485 e. The molecule has 0 saturated heterocycles. The van der Waals surface area contributed by atoms with Crippen LogP contribution in [-0.2, 0) is 12.4 Å². The van der Waals surface area contributed by atoms with Crippen molar-refractivity contribution in [3.05, 3.63) is 105 Å². The molecule has 0 aliphatic carbocycles. The van der Waals surface area contributed by atoms with Crippen LogP contribution in [0.2, 0.25) is 0 Å². The minimum Gasteiger partial charge on any atom is -0.485 e. The van der Waals surface area contributed by atoms with Crippen molar-refractivity contribution in [3.63, 3.8) is 0 Å². The van der Waals surface area contributed by atoms with Gasteiger partial charge in [0.2, 0.25) is 5.91 Å². The third-order valence-corrected chi connectivity index (χ3v) is 6.07. The number of para-hydroxylation sites is 2. The van der Waals surface area contributed by atoms with Gasteiger partial charge in [-0.25, -0.2) is 0 Å². The van der Waals surface area contributed by atoms with Gasteiger partial charge in [0, 0.05) is 28.6 Å². The molecule has 1 heterocycles. The zero-order valence-electron chi connectivity index (χ0n) is 18.2. The molecular weight excluding hydrogens is 454 g/mol. The van der Waals surface area contributed by atoms with Crippen LogP contribution in [0.4, 0.5) is 5.69 Å². The highest BCUT2D eigenvalue weighted by atomic mass is 32.2. The number of aromatic nitrogens is 3. The fraction of sp³-hybridized carbons (Fsp3) is 0.125. The molecule has 10 heteroatoms. The fourth-order valence-electron chi connectivity index (χ4n) is 3.34. The molecule has 0 fully saturated rings. The number of hydrogen-bond acceptors (Lipinski definition) is 7. The van der Waals surface area contributed by atoms with Crippen molar-refractivity contribution in [1.82, 2.24) is 14.8 Å². The lowest BCUT2D eigenvalue weighted by atomic mass is 10.1. The van der Waals surface area contributed by atoms with E-state index in [9.17, 15) is 14.9 Å². The fourth-order valence-corrected chi connectivity index (χ4v) is 4.30. The molecule has 0 atom stereocenters. The molecule has 172 valence electrons. The predicted molar refractivity (Wildman–Crippen MR) is 128 cm³/mol. The Balaban J connectivity index is 1.62. The highest BCUT2D eigenvalue weighted by molar-refractivity contribution is 7.98. The number of thioether (sulfide) groups is 1. The molecular formula is C24H21N5O4S. The smallest absolute Gasteiger partial charge is 0.274 e. The van der Waals surface area contributed by atoms with Gasteiger partial charge in [0.1, 0.15) is 12.4 Å². The Labute approximate surface area is 199 Å². The number of nitro benzene ring substituents is 1. The summed E-state index contributed by atoms with van der Waals surface area (Å²) >= 11 is 1.30. The third-order valence-electron chi connectivity index (χ3n) is 5.09. The van der Waals surface area contributed by atoms with Crippen molar-refractivity contribution in [2.24, 2.45) is 5.73 Å². The minimum atomic E-state index is -0.718. The molecule has 0 saturated carbocycles. The summed E-state index contributed by atoms with van der Waals surface area (Å²) in [5, 5.41) is 20.7. The number of nitrogens with zero attached hydrogens (tertiary/aromatic N) is 4. The van der Waals surface area contributed by atoms with Crippen LogP contribution < -0.4 is 10.5 Å². The maximum Gasteiger partial charge on any atom is 0.274 e. The molecule has 1 amide bonds. The number of rotatable bonds is 9. The van der Waals surface area contributed by atoms with Crippen LogP contribution in [0.25, 0.3) is 5.69 Å². The van der Waals surface area contributed by atoms with Crippen molar-refractivity contribution in [1.29, 1.82) is 0 Å². The summed E-state index contributed by atoms with van der Waals surface area (Å²) in [7, 11) is 0. The average molecular weight is 476 g/mol. The molecule has 1 aromatic heterocycles. The third kappa shape index (κ3) is 5.07. The van der Waals surface area contributed by atoms with E-state index in [4.69, 9.17) is 10.5 Å². The van der Waals surface area contributed by atoms with E-state index in [0.29, 0.717) is 16.5 Å². The number of primary amides is 1. The number of hydrogen-bond donors (Lipinski definition) is 1. The summed E-state index contributed by atoms with van der Waals surface area (Å²) in [5.41, 5.74) is 7.48. The lowest BCUT2D eigenvalue weighted by molar-refractivity contribution is -0.385. The second kappa shape index (κ2) is 10.2. The van der Waals surface area contributed by atoms with Crippen molar-refractivity contribution in [3.8, 4) is 11.4 Å². The van der Waals surface area contributed by atoms with Gasteiger partial charge >= 0.3 is 0 Å². The van der Waals surface area contributed by atoms with Crippen LogP contribution in [0, 0.1) is 17.0 Å². The van der Waals surface area contributed by atoms with Gasteiger partial charge in [-0.05, 0) is 36.8 Å². The Morgan fingerprint density at radius 3 is 2.53 bits per heavy atom. The Morgan fingerprint density at radius 2 is 1.82 bits per heavy atom. The average Bonchev–Trinajstić information content (AvgIpc) is 3.25. The van der Waals surface area contributed by atoms with Crippen molar-refractivity contribution in [2.75, 3.05) is 0 Å². The number of amides is 1. The highest BCUT2D eigenvalue weighted by Gasteiger charge is 2.20. The van der Waals surface area contributed by atoms with Crippen molar-refractivity contribution >= 4 is 23.4 Å². The molecule has 0 radical (unpaired) electrons. The van der Waals surface area contributed by atoms with Crippen LogP contribution >= 0.6 is 11.8 Å². The number of nitrogens with two attached hydrogens (primary N) is 1. The van der Waals surface area contributed by atoms with E-state index in [1.165, 1.54) is 30.0 Å². The zero-order chi connectivity index (χ0) is 24.1. The van der Waals surface area contributed by atoms with Gasteiger partial charge in [-0.1, -0.05) is 54.2 Å². The zero-order valence-corrected chi connectivity index (χ0v) is 19.1. The van der Waals surface area contributed by atoms with Gasteiger partial charge in [-0.3, -0.25) is 19.5 Å². The van der Waals surface area contributed by atoms with E-state index in [0.717, 1.165) is 17.0 Å². The quantitative estimate of drug-likeness (QED) is 0.215. The van der Waals surface area contributed by atoms with E-state index < -0.39 is 10.8 Å². The number of carbonyl (C=O) groups is 1. The summed E-state index contributed by atoms with van der Waals surface area (Å²) in [6, 6.07) is 21.5. The van der Waals surface area contributed by atoms with Crippen LogP contribution in [0.1, 0.15) is 27.3 Å². The molecule has 0 spiro atoms. The topological polar surface area (TPSA) is 126 Å². The Hall–Kier alpha value is -4.18. The molecule has 9 nitrogen and oxygen atoms in total. The highest BCUT2D eigenvalue weighted by Crippen LogP contribution is 2.30. The first-order valence-corrected chi connectivity index (χ1v) is 11.3. The number of nitro groups is 1. The van der Waals surface area contributed by atoms with Gasteiger partial charge < -0.3 is 10.5 Å². The first-order valence-electron chi connectivity index (χ1n) is 10.3. The minimum absolute atomic E-state index is 0.0866. The Bertz CT molecular complexity index is 1340. The number of carbonyl (C=O) groups excluding carboxylic acids is 1. The molecule has 0 aliphatic heterocycles. The molecule has 2 N–H and O–H groups in total. The van der Waals surface area contributed by atoms with Crippen molar-refractivity contribution in [2.45, 2.75) is 24.4 Å². The lowest BCUT2D eigenvalue weighted by Crippen LogP contribution is -2.11. The standard InChI is InChI=1S/C24H21N5O4S/c1-16-7-5-6-10-21(16)33-14-22-26-27-24(28(22)19-8-3-2-4-9-19)34-15-18-12-11-17(23(25)30)13-20(18)29(31)32/h2-13H,14-15H2,1H3,(H2,25,30). The molecule has 0 unspecified atom stereocenters. The first kappa shape index (κ1) is 23.0. The summed E-state index contributed by atoms with van der Waals surface area (Å²) in [5.74, 6) is 0.878. The molecule has 4 rings (SSSR count). The van der Waals surface area contributed by atoms with E-state index in [1.54, 1.807) is 0 Å². The Kier molecular flexibility index (Phi) is 6.88. The summed E-state index contributed by atoms with van der Waals surface area (Å²) in [6.45, 7) is 2.16. The molecule has 0 bridgehead atoms. The number of aryl methyl sites for hydroxylation is 1.